The molecule has 8 bridgehead atoms. The van der Waals surface area contributed by atoms with Crippen molar-refractivity contribution in [2.45, 2.75) is 115 Å². The molecule has 4 nitrogen and oxygen atoms in total. The maximum Gasteiger partial charge on any atom is 4.00 e. The largest absolute Gasteiger partial charge is 4.00 e. The van der Waals surface area contributed by atoms with Gasteiger partial charge in [0.05, 0.1) is 0 Å². The summed E-state index contributed by atoms with van der Waals surface area (Å²) in [6.07, 6.45) is 8.82. The zero-order valence-electron chi connectivity index (χ0n) is 38.5. The van der Waals surface area contributed by atoms with Crippen LogP contribution in [-0.2, 0) is 43.0 Å². The summed E-state index contributed by atoms with van der Waals surface area (Å²) in [6, 6.07) is 55.6. The Hall–Kier alpha value is -5.31. The number of hydrogen-bond acceptors (Lipinski definition) is 4. The van der Waals surface area contributed by atoms with E-state index >= 15 is 0 Å². The Bertz CT molecular complexity index is 2820. The van der Waals surface area contributed by atoms with Crippen molar-refractivity contribution in [3.05, 3.63) is 214 Å². The van der Waals surface area contributed by atoms with Gasteiger partial charge in [-0.15, -0.1) is 35.8 Å². The fourth-order valence-electron chi connectivity index (χ4n) is 12.7. The van der Waals surface area contributed by atoms with Gasteiger partial charge in [-0.25, -0.2) is 0 Å². The minimum Gasteiger partial charge on any atom is -0.497 e. The van der Waals surface area contributed by atoms with Crippen molar-refractivity contribution in [2.24, 2.45) is 0 Å². The van der Waals surface area contributed by atoms with E-state index in [1.54, 1.807) is 0 Å². The van der Waals surface area contributed by atoms with Gasteiger partial charge in [0, 0.05) is 39.3 Å². The monoisotopic (exact) mass is 1030 g/mol. The van der Waals surface area contributed by atoms with Gasteiger partial charge in [0.25, 0.3) is 0 Å². The molecule has 0 radical (unpaired) electrons. The summed E-state index contributed by atoms with van der Waals surface area (Å²) in [5.41, 5.74) is 22.1. The van der Waals surface area contributed by atoms with E-state index < -0.39 is 11.1 Å². The topological polar surface area (TPSA) is 13.0 Å². The molecular formula is C60H56N4Pt. The van der Waals surface area contributed by atoms with Crippen molar-refractivity contribution in [2.75, 3.05) is 9.80 Å². The van der Waals surface area contributed by atoms with Crippen LogP contribution in [0.15, 0.2) is 144 Å². The molecule has 65 heavy (non-hydrogen) atoms. The van der Waals surface area contributed by atoms with E-state index in [1.165, 1.54) is 104 Å². The molecule has 5 heteroatoms. The van der Waals surface area contributed by atoms with Gasteiger partial charge >= 0.3 is 21.1 Å². The first-order valence-corrected chi connectivity index (χ1v) is 23.9. The van der Waals surface area contributed by atoms with Gasteiger partial charge in [0.1, 0.15) is 5.66 Å². The van der Waals surface area contributed by atoms with Gasteiger partial charge in [0.15, 0.2) is 0 Å². The van der Waals surface area contributed by atoms with Crippen LogP contribution in [0.4, 0.5) is 11.4 Å². The summed E-state index contributed by atoms with van der Waals surface area (Å²) in [5, 5.41) is 0. The van der Waals surface area contributed by atoms with Crippen LogP contribution in [-0.4, -0.2) is 9.80 Å². The van der Waals surface area contributed by atoms with E-state index in [0.717, 1.165) is 48.2 Å². The average Bonchev–Trinajstić information content (AvgIpc) is 4.05. The van der Waals surface area contributed by atoms with Crippen LogP contribution < -0.4 is 9.80 Å². The van der Waals surface area contributed by atoms with E-state index in [4.69, 9.17) is 0 Å². The Balaban J connectivity index is 0.00000444. The summed E-state index contributed by atoms with van der Waals surface area (Å²) in [7, 11) is 0. The summed E-state index contributed by atoms with van der Waals surface area (Å²) in [4.78, 5) is 10.5. The molecule has 4 aliphatic carbocycles. The van der Waals surface area contributed by atoms with Crippen LogP contribution in [0, 0.1) is 25.5 Å². The molecule has 0 saturated carbocycles. The number of fused-ring (bicyclic) bond motifs is 28. The molecule has 7 aliphatic rings. The third kappa shape index (κ3) is 5.53. The van der Waals surface area contributed by atoms with Crippen LogP contribution in [0.1, 0.15) is 137 Å². The van der Waals surface area contributed by atoms with Crippen molar-refractivity contribution in [3.63, 3.8) is 0 Å². The Kier molecular flexibility index (Phi) is 9.08. The quantitative estimate of drug-likeness (QED) is 0.140. The fourth-order valence-corrected chi connectivity index (χ4v) is 12.7. The van der Waals surface area contributed by atoms with Crippen molar-refractivity contribution < 1.29 is 21.1 Å². The molecule has 0 fully saturated rings. The molecule has 6 aromatic rings. The van der Waals surface area contributed by atoms with Gasteiger partial charge in [-0.2, -0.15) is 48.5 Å². The van der Waals surface area contributed by atoms with Crippen LogP contribution >= 0.6 is 0 Å². The molecule has 326 valence electrons. The Morgan fingerprint density at radius 3 is 1.29 bits per heavy atom. The number of anilines is 2. The Morgan fingerprint density at radius 1 is 0.446 bits per heavy atom. The molecule has 0 saturated heterocycles. The zero-order chi connectivity index (χ0) is 43.3. The molecule has 3 heterocycles. The Labute approximate surface area is 400 Å². The summed E-state index contributed by atoms with van der Waals surface area (Å²) in [6.45, 7) is 19.0. The molecule has 0 aromatic heterocycles. The van der Waals surface area contributed by atoms with E-state index in [0.29, 0.717) is 0 Å². The van der Waals surface area contributed by atoms with Crippen LogP contribution in [0.2, 0.25) is 0 Å². The molecular weight excluding hydrogens is 972 g/mol. The molecule has 6 aromatic carbocycles. The molecule has 0 atom stereocenters. The van der Waals surface area contributed by atoms with Gasteiger partial charge in [-0.05, 0) is 107 Å². The molecule has 2 spiro atoms. The van der Waals surface area contributed by atoms with Crippen molar-refractivity contribution in [1.82, 2.24) is 9.80 Å². The minimum atomic E-state index is -0.662. The summed E-state index contributed by atoms with van der Waals surface area (Å²) in [5.74, 6) is 0. The third-order valence-electron chi connectivity index (χ3n) is 15.8. The van der Waals surface area contributed by atoms with Crippen LogP contribution in [0.5, 0.6) is 0 Å². The zero-order valence-corrected chi connectivity index (χ0v) is 40.7. The van der Waals surface area contributed by atoms with Gasteiger partial charge in [-0.1, -0.05) is 126 Å². The van der Waals surface area contributed by atoms with Crippen molar-refractivity contribution in [1.29, 1.82) is 0 Å². The second kappa shape index (κ2) is 14.3. The number of rotatable bonds is 0. The first-order valence-electron chi connectivity index (χ1n) is 23.9. The van der Waals surface area contributed by atoms with Crippen LogP contribution in [0.3, 0.4) is 0 Å². The maximum absolute atomic E-state index is 4.25. The van der Waals surface area contributed by atoms with Crippen molar-refractivity contribution in [3.8, 4) is 22.3 Å². The third-order valence-corrected chi connectivity index (χ3v) is 15.8. The SMILES string of the molecule is CC(C)(C)c1ccc2c(c1)-c1cc(C(C)(C)C)ccc1C21c2[c-]c(ccc2)N2[CH-]N(C3=C2CCCC3)C2(c3ccccc3-c3ccccc32)N2[CH-]N(C3=C2CCCC3)c2[c-]c1ccc2.[Pt+4]. The Morgan fingerprint density at radius 2 is 0.862 bits per heavy atom. The second-order valence-corrected chi connectivity index (χ2v) is 21.3. The second-order valence-electron chi connectivity index (χ2n) is 21.3. The van der Waals surface area contributed by atoms with Gasteiger partial charge in [0.2, 0.25) is 0 Å². The number of hydrogen-bond donors (Lipinski definition) is 0. The van der Waals surface area contributed by atoms with E-state index in [-0.39, 0.29) is 31.9 Å². The van der Waals surface area contributed by atoms with E-state index in [9.17, 15) is 0 Å². The standard InChI is InChI=1S/C60H56N4.Pt/c1-57(2,3)39-29-31-49-47(35-39)48-36-40(58(4,5)6)30-32-50(48)59(49)41-17-15-19-43(33-41)61-37-63(55-27-13-11-25-53(55)61)60(51-23-9-7-21-45(51)46-22-8-10-24-52(46)60)64-38-62(44-20-16-18-42(59)34-44)54-26-12-14-28-56(54)64;/h7-10,15-24,29-32,35-38H,11-14,25-28H2,1-6H3;/q-4;+4. The number of nitrogens with zero attached hydrogens (tertiary/aromatic N) is 4. The summed E-state index contributed by atoms with van der Waals surface area (Å²) >= 11 is 0. The summed E-state index contributed by atoms with van der Waals surface area (Å²) < 4.78 is 0. The predicted molar refractivity (Wildman–Crippen MR) is 260 cm³/mol. The number of benzene rings is 6. The smallest absolute Gasteiger partial charge is 0.497 e. The van der Waals surface area contributed by atoms with Crippen molar-refractivity contribution >= 4 is 11.4 Å². The first kappa shape index (κ1) is 41.1. The minimum absolute atomic E-state index is 0. The molecule has 0 amide bonds. The normalized spacial score (nSPS) is 19.4. The fraction of sp³-hybridized carbons (Fsp3) is 0.300. The molecule has 0 N–H and O–H groups in total. The van der Waals surface area contributed by atoms with E-state index in [2.05, 4.69) is 208 Å². The first-order chi connectivity index (χ1) is 31.0. The number of allylic oxidation sites excluding steroid dienone is 4. The molecule has 13 rings (SSSR count). The van der Waals surface area contributed by atoms with E-state index in [1.807, 2.05) is 0 Å². The molecule has 3 aliphatic heterocycles. The molecule has 0 unspecified atom stereocenters. The van der Waals surface area contributed by atoms with Gasteiger partial charge < -0.3 is 19.6 Å². The van der Waals surface area contributed by atoms with Gasteiger partial charge in [-0.3, -0.25) is 0 Å². The predicted octanol–water partition coefficient (Wildman–Crippen LogP) is 14.2. The average molecular weight is 1030 g/mol. The maximum atomic E-state index is 4.25. The van der Waals surface area contributed by atoms with Crippen LogP contribution in [0.25, 0.3) is 22.3 Å².